The number of nitriles is 1. The summed E-state index contributed by atoms with van der Waals surface area (Å²) in [6.45, 7) is 2.05. The van der Waals surface area contributed by atoms with Crippen molar-refractivity contribution >= 4 is 15.9 Å². The predicted octanol–water partition coefficient (Wildman–Crippen LogP) is 3.93. The van der Waals surface area contributed by atoms with E-state index in [4.69, 9.17) is 5.26 Å². The Morgan fingerprint density at radius 2 is 2.28 bits per heavy atom. The van der Waals surface area contributed by atoms with E-state index in [1.165, 1.54) is 6.07 Å². The lowest BCUT2D eigenvalue weighted by molar-refractivity contribution is 0.417. The van der Waals surface area contributed by atoms with E-state index in [9.17, 15) is 4.39 Å². The first-order valence-corrected chi connectivity index (χ1v) is 7.01. The molecule has 1 saturated carbocycles. The molecule has 1 aliphatic rings. The molecule has 96 valence electrons. The summed E-state index contributed by atoms with van der Waals surface area (Å²) in [4.78, 5) is 0. The highest BCUT2D eigenvalue weighted by Crippen LogP contribution is 2.28. The minimum absolute atomic E-state index is 0.108. The summed E-state index contributed by atoms with van der Waals surface area (Å²) in [6.07, 6.45) is 3.13. The summed E-state index contributed by atoms with van der Waals surface area (Å²) >= 11 is 3.20. The lowest BCUT2D eigenvalue weighted by Gasteiger charge is -2.22. The van der Waals surface area contributed by atoms with E-state index in [1.54, 1.807) is 12.1 Å². The van der Waals surface area contributed by atoms with Gasteiger partial charge in [-0.15, -0.1) is 0 Å². The fourth-order valence-corrected chi connectivity index (χ4v) is 2.91. The fourth-order valence-electron chi connectivity index (χ4n) is 2.51. The van der Waals surface area contributed by atoms with Crippen molar-refractivity contribution in [3.05, 3.63) is 34.1 Å². The third kappa shape index (κ3) is 2.90. The predicted molar refractivity (Wildman–Crippen MR) is 72.4 cm³/mol. The second kappa shape index (κ2) is 5.81. The maximum Gasteiger partial charge on any atom is 0.137 e. The first-order valence-electron chi connectivity index (χ1n) is 6.22. The van der Waals surface area contributed by atoms with E-state index in [1.807, 2.05) is 6.92 Å². The van der Waals surface area contributed by atoms with Crippen molar-refractivity contribution in [3.63, 3.8) is 0 Å². The van der Waals surface area contributed by atoms with E-state index >= 15 is 0 Å². The van der Waals surface area contributed by atoms with Crippen molar-refractivity contribution < 1.29 is 4.39 Å². The zero-order valence-corrected chi connectivity index (χ0v) is 11.9. The van der Waals surface area contributed by atoms with Crippen LogP contribution in [0.2, 0.25) is 0 Å². The van der Waals surface area contributed by atoms with Crippen LogP contribution < -0.4 is 5.32 Å². The summed E-state index contributed by atoms with van der Waals surface area (Å²) in [5.74, 6) is -0.141. The molecule has 2 rings (SSSR count). The molecule has 3 atom stereocenters. The second-order valence-electron chi connectivity index (χ2n) is 4.83. The van der Waals surface area contributed by atoms with Gasteiger partial charge in [0.05, 0.1) is 16.5 Å². The maximum atomic E-state index is 13.2. The summed E-state index contributed by atoms with van der Waals surface area (Å²) in [6, 6.07) is 7.79. The highest BCUT2D eigenvalue weighted by Gasteiger charge is 2.28. The van der Waals surface area contributed by atoms with Gasteiger partial charge >= 0.3 is 0 Å². The molecule has 0 heterocycles. The second-order valence-corrected chi connectivity index (χ2v) is 5.69. The van der Waals surface area contributed by atoms with Gasteiger partial charge in [0.15, 0.2) is 0 Å². The molecule has 1 aromatic rings. The van der Waals surface area contributed by atoms with Crippen molar-refractivity contribution in [2.75, 3.05) is 0 Å². The number of nitrogens with zero attached hydrogens (tertiary/aromatic N) is 1. The van der Waals surface area contributed by atoms with Gasteiger partial charge < -0.3 is 5.32 Å². The SMILES string of the molecule is CC(NC1CCCC1C#N)c1ccc(F)c(Br)c1. The van der Waals surface area contributed by atoms with Crippen LogP contribution in [0.25, 0.3) is 0 Å². The molecule has 0 aromatic heterocycles. The zero-order chi connectivity index (χ0) is 13.1. The van der Waals surface area contributed by atoms with Crippen LogP contribution in [-0.4, -0.2) is 6.04 Å². The Balaban J connectivity index is 2.05. The number of nitrogens with one attached hydrogen (secondary N) is 1. The van der Waals surface area contributed by atoms with Gasteiger partial charge in [-0.25, -0.2) is 4.39 Å². The van der Waals surface area contributed by atoms with Crippen molar-refractivity contribution in [1.82, 2.24) is 5.32 Å². The van der Waals surface area contributed by atoms with Crippen LogP contribution in [0.5, 0.6) is 0 Å². The Labute approximate surface area is 115 Å². The van der Waals surface area contributed by atoms with E-state index in [2.05, 4.69) is 27.3 Å². The Kier molecular flexibility index (Phi) is 4.36. The van der Waals surface area contributed by atoms with Gasteiger partial charge in [-0.2, -0.15) is 5.26 Å². The van der Waals surface area contributed by atoms with Gasteiger partial charge in [0, 0.05) is 12.1 Å². The molecule has 1 N–H and O–H groups in total. The lowest BCUT2D eigenvalue weighted by atomic mass is 10.0. The monoisotopic (exact) mass is 310 g/mol. The number of benzene rings is 1. The molecule has 0 saturated heterocycles. The minimum Gasteiger partial charge on any atom is -0.306 e. The lowest BCUT2D eigenvalue weighted by Crippen LogP contribution is -2.33. The van der Waals surface area contributed by atoms with Crippen LogP contribution in [0.15, 0.2) is 22.7 Å². The molecule has 18 heavy (non-hydrogen) atoms. The summed E-state index contributed by atoms with van der Waals surface area (Å²) in [5.41, 5.74) is 1.03. The molecule has 4 heteroatoms. The van der Waals surface area contributed by atoms with Crippen molar-refractivity contribution in [2.45, 2.75) is 38.3 Å². The van der Waals surface area contributed by atoms with Crippen LogP contribution in [0, 0.1) is 23.1 Å². The molecule has 3 unspecified atom stereocenters. The zero-order valence-electron chi connectivity index (χ0n) is 10.3. The molecule has 0 aliphatic heterocycles. The number of hydrogen-bond acceptors (Lipinski definition) is 2. The molecule has 2 nitrogen and oxygen atoms in total. The van der Waals surface area contributed by atoms with E-state index in [0.717, 1.165) is 24.8 Å². The number of rotatable bonds is 3. The smallest absolute Gasteiger partial charge is 0.137 e. The van der Waals surface area contributed by atoms with Gasteiger partial charge in [0.2, 0.25) is 0 Å². The van der Waals surface area contributed by atoms with Gasteiger partial charge in [-0.1, -0.05) is 12.5 Å². The average molecular weight is 311 g/mol. The normalized spacial score (nSPS) is 24.8. The molecular formula is C14H16BrFN2. The van der Waals surface area contributed by atoms with Crippen molar-refractivity contribution in [1.29, 1.82) is 5.26 Å². The van der Waals surface area contributed by atoms with Crippen LogP contribution in [0.4, 0.5) is 4.39 Å². The highest BCUT2D eigenvalue weighted by atomic mass is 79.9. The molecule has 1 aromatic carbocycles. The third-order valence-electron chi connectivity index (χ3n) is 3.59. The Morgan fingerprint density at radius 1 is 1.50 bits per heavy atom. The molecule has 1 fully saturated rings. The molecule has 0 radical (unpaired) electrons. The van der Waals surface area contributed by atoms with E-state index in [0.29, 0.717) is 4.47 Å². The summed E-state index contributed by atoms with van der Waals surface area (Å²) in [5, 5.41) is 12.5. The fraction of sp³-hybridized carbons (Fsp3) is 0.500. The first-order chi connectivity index (χ1) is 8.61. The van der Waals surface area contributed by atoms with Gasteiger partial charge in [0.25, 0.3) is 0 Å². The molecule has 1 aliphatic carbocycles. The van der Waals surface area contributed by atoms with E-state index in [-0.39, 0.29) is 23.8 Å². The largest absolute Gasteiger partial charge is 0.306 e. The Morgan fingerprint density at radius 3 is 2.94 bits per heavy atom. The molecule has 0 bridgehead atoms. The maximum absolute atomic E-state index is 13.2. The van der Waals surface area contributed by atoms with Crippen LogP contribution in [-0.2, 0) is 0 Å². The third-order valence-corrected chi connectivity index (χ3v) is 4.20. The Hall–Kier alpha value is -0.920. The van der Waals surface area contributed by atoms with Crippen molar-refractivity contribution in [3.8, 4) is 6.07 Å². The standard InChI is InChI=1S/C14H16BrFN2/c1-9(10-5-6-13(16)12(15)7-10)18-14-4-2-3-11(14)8-17/h5-7,9,11,14,18H,2-4H2,1H3. The average Bonchev–Trinajstić information content (AvgIpc) is 2.79. The Bertz CT molecular complexity index is 469. The quantitative estimate of drug-likeness (QED) is 0.918. The van der Waals surface area contributed by atoms with Crippen molar-refractivity contribution in [2.24, 2.45) is 5.92 Å². The highest BCUT2D eigenvalue weighted by molar-refractivity contribution is 9.10. The number of hydrogen-bond donors (Lipinski definition) is 1. The minimum atomic E-state index is -0.248. The van der Waals surface area contributed by atoms with Crippen LogP contribution in [0.3, 0.4) is 0 Å². The molecule has 0 spiro atoms. The molecular weight excluding hydrogens is 295 g/mol. The molecule has 0 amide bonds. The van der Waals surface area contributed by atoms with Gasteiger partial charge in [-0.3, -0.25) is 0 Å². The topological polar surface area (TPSA) is 35.8 Å². The first kappa shape index (κ1) is 13.5. The van der Waals surface area contributed by atoms with Crippen LogP contribution >= 0.6 is 15.9 Å². The van der Waals surface area contributed by atoms with Gasteiger partial charge in [-0.05, 0) is 53.4 Å². The summed E-state index contributed by atoms with van der Waals surface area (Å²) in [7, 11) is 0. The van der Waals surface area contributed by atoms with E-state index < -0.39 is 0 Å². The van der Waals surface area contributed by atoms with Gasteiger partial charge in [0.1, 0.15) is 5.82 Å². The number of halogens is 2. The summed E-state index contributed by atoms with van der Waals surface area (Å²) < 4.78 is 13.7. The van der Waals surface area contributed by atoms with Crippen LogP contribution in [0.1, 0.15) is 37.8 Å².